The van der Waals surface area contributed by atoms with E-state index >= 15 is 0 Å². The van der Waals surface area contributed by atoms with Crippen molar-refractivity contribution in [3.63, 3.8) is 0 Å². The highest BCUT2D eigenvalue weighted by atomic mass is 19.1. The molecule has 3 rings (SSSR count). The van der Waals surface area contributed by atoms with Gasteiger partial charge in [0.25, 0.3) is 0 Å². The van der Waals surface area contributed by atoms with Crippen molar-refractivity contribution >= 4 is 11.6 Å². The number of amides is 1. The lowest BCUT2D eigenvalue weighted by Gasteiger charge is -2.04. The number of carbonyl (C=O) groups excluding carboxylic acids is 1. The molecule has 0 unspecified atom stereocenters. The zero-order chi connectivity index (χ0) is 16.2. The summed E-state index contributed by atoms with van der Waals surface area (Å²) in [5, 5.41) is 14.3. The van der Waals surface area contributed by atoms with Crippen LogP contribution in [0.25, 0.3) is 11.4 Å². The standard InChI is InChI=1S/C15H13FN6O/c1-10-2-4-11(5-3-10)15-19-21-22(20-15)9-14(23)18-13-6-7-17-8-12(13)16/h2-8H,9H2,1H3,(H,17,18,23). The summed E-state index contributed by atoms with van der Waals surface area (Å²) in [5.41, 5.74) is 1.99. The lowest BCUT2D eigenvalue weighted by Crippen LogP contribution is -2.21. The number of pyridine rings is 1. The molecule has 1 N–H and O–H groups in total. The minimum absolute atomic E-state index is 0.0591. The molecule has 1 amide bonds. The van der Waals surface area contributed by atoms with Crippen molar-refractivity contribution in [2.45, 2.75) is 13.5 Å². The number of carbonyl (C=O) groups is 1. The lowest BCUT2D eigenvalue weighted by atomic mass is 10.1. The van der Waals surface area contributed by atoms with Crippen molar-refractivity contribution in [2.75, 3.05) is 5.32 Å². The number of benzene rings is 1. The van der Waals surface area contributed by atoms with Crippen molar-refractivity contribution in [1.29, 1.82) is 0 Å². The van der Waals surface area contributed by atoms with E-state index in [1.807, 2.05) is 31.2 Å². The van der Waals surface area contributed by atoms with Gasteiger partial charge in [-0.2, -0.15) is 4.80 Å². The van der Waals surface area contributed by atoms with Crippen LogP contribution in [0.2, 0.25) is 0 Å². The van der Waals surface area contributed by atoms with Crippen LogP contribution in [0.1, 0.15) is 5.56 Å². The average Bonchev–Trinajstić information content (AvgIpc) is 2.98. The predicted molar refractivity (Wildman–Crippen MR) is 80.8 cm³/mol. The minimum atomic E-state index is -0.604. The molecule has 2 heterocycles. The summed E-state index contributed by atoms with van der Waals surface area (Å²) in [6.45, 7) is 1.82. The van der Waals surface area contributed by atoms with E-state index in [0.717, 1.165) is 22.1 Å². The van der Waals surface area contributed by atoms with Crippen LogP contribution in [0.3, 0.4) is 0 Å². The molecule has 0 aliphatic rings. The maximum atomic E-state index is 13.4. The third kappa shape index (κ3) is 3.54. The van der Waals surface area contributed by atoms with Gasteiger partial charge in [0.15, 0.2) is 5.82 Å². The van der Waals surface area contributed by atoms with Gasteiger partial charge in [0.1, 0.15) is 6.54 Å². The third-order valence-electron chi connectivity index (χ3n) is 3.09. The number of tetrazole rings is 1. The predicted octanol–water partition coefficient (Wildman–Crippen LogP) is 1.82. The van der Waals surface area contributed by atoms with Crippen molar-refractivity contribution in [3.05, 3.63) is 54.1 Å². The number of nitrogens with one attached hydrogen (secondary N) is 1. The molecule has 1 aromatic carbocycles. The smallest absolute Gasteiger partial charge is 0.248 e. The Bertz CT molecular complexity index is 830. The van der Waals surface area contributed by atoms with Crippen LogP contribution in [-0.2, 0) is 11.3 Å². The molecular weight excluding hydrogens is 299 g/mol. The molecule has 2 aromatic heterocycles. The Morgan fingerprint density at radius 1 is 1.26 bits per heavy atom. The van der Waals surface area contributed by atoms with Gasteiger partial charge in [-0.3, -0.25) is 9.78 Å². The fraction of sp³-hybridized carbons (Fsp3) is 0.133. The largest absolute Gasteiger partial charge is 0.322 e. The summed E-state index contributed by atoms with van der Waals surface area (Å²) in [7, 11) is 0. The van der Waals surface area contributed by atoms with Crippen molar-refractivity contribution in [1.82, 2.24) is 25.2 Å². The summed E-state index contributed by atoms with van der Waals surface area (Å²) < 4.78 is 13.4. The summed E-state index contributed by atoms with van der Waals surface area (Å²) in [5.74, 6) is -0.636. The van der Waals surface area contributed by atoms with E-state index in [-0.39, 0.29) is 12.2 Å². The third-order valence-corrected chi connectivity index (χ3v) is 3.09. The highest BCUT2D eigenvalue weighted by Gasteiger charge is 2.11. The van der Waals surface area contributed by atoms with E-state index in [2.05, 4.69) is 25.7 Å². The number of nitrogens with zero attached hydrogens (tertiary/aromatic N) is 5. The normalized spacial score (nSPS) is 10.5. The Morgan fingerprint density at radius 2 is 2.04 bits per heavy atom. The molecule has 0 saturated carbocycles. The molecule has 0 spiro atoms. The van der Waals surface area contributed by atoms with E-state index in [1.54, 1.807) is 0 Å². The van der Waals surface area contributed by atoms with Gasteiger partial charge in [-0.15, -0.1) is 10.2 Å². The van der Waals surface area contributed by atoms with E-state index in [1.165, 1.54) is 12.3 Å². The van der Waals surface area contributed by atoms with Crippen LogP contribution in [0.5, 0.6) is 0 Å². The SMILES string of the molecule is Cc1ccc(-c2nnn(CC(=O)Nc3ccncc3F)n2)cc1. The summed E-state index contributed by atoms with van der Waals surface area (Å²) >= 11 is 0. The number of hydrogen-bond acceptors (Lipinski definition) is 5. The molecule has 0 atom stereocenters. The molecule has 116 valence electrons. The fourth-order valence-corrected chi connectivity index (χ4v) is 1.92. The fourth-order valence-electron chi connectivity index (χ4n) is 1.92. The number of anilines is 1. The molecule has 3 aromatic rings. The second-order valence-electron chi connectivity index (χ2n) is 4.91. The Hall–Kier alpha value is -3.16. The Kier molecular flexibility index (Phi) is 4.05. The number of halogens is 1. The first-order valence-corrected chi connectivity index (χ1v) is 6.86. The van der Waals surface area contributed by atoms with Crippen LogP contribution in [0, 0.1) is 12.7 Å². The molecule has 0 radical (unpaired) electrons. The van der Waals surface area contributed by atoms with Crippen LogP contribution in [0.15, 0.2) is 42.7 Å². The number of rotatable bonds is 4. The molecule has 0 aliphatic heterocycles. The van der Waals surface area contributed by atoms with Crippen LogP contribution in [-0.4, -0.2) is 31.1 Å². The van der Waals surface area contributed by atoms with Gasteiger partial charge in [-0.05, 0) is 18.2 Å². The van der Waals surface area contributed by atoms with Gasteiger partial charge < -0.3 is 5.32 Å². The van der Waals surface area contributed by atoms with Gasteiger partial charge in [0.2, 0.25) is 11.7 Å². The maximum absolute atomic E-state index is 13.4. The second-order valence-corrected chi connectivity index (χ2v) is 4.91. The molecule has 0 fully saturated rings. The molecule has 8 heteroatoms. The van der Waals surface area contributed by atoms with Crippen molar-refractivity contribution < 1.29 is 9.18 Å². The van der Waals surface area contributed by atoms with Crippen LogP contribution in [0.4, 0.5) is 10.1 Å². The second kappa shape index (κ2) is 6.30. The summed E-state index contributed by atoms with van der Waals surface area (Å²) in [4.78, 5) is 16.7. The van der Waals surface area contributed by atoms with E-state index in [0.29, 0.717) is 5.82 Å². The first-order chi connectivity index (χ1) is 11.1. The van der Waals surface area contributed by atoms with Crippen LogP contribution >= 0.6 is 0 Å². The van der Waals surface area contributed by atoms with Crippen molar-refractivity contribution in [2.24, 2.45) is 0 Å². The molecular formula is C15H13FN6O. The molecule has 23 heavy (non-hydrogen) atoms. The summed E-state index contributed by atoms with van der Waals surface area (Å²) in [6.07, 6.45) is 2.42. The topological polar surface area (TPSA) is 85.6 Å². The van der Waals surface area contributed by atoms with Crippen LogP contribution < -0.4 is 5.32 Å². The van der Waals surface area contributed by atoms with E-state index < -0.39 is 11.7 Å². The van der Waals surface area contributed by atoms with E-state index in [4.69, 9.17) is 0 Å². The quantitative estimate of drug-likeness (QED) is 0.794. The highest BCUT2D eigenvalue weighted by molar-refractivity contribution is 5.90. The Balaban J connectivity index is 1.68. The number of aromatic nitrogens is 5. The first-order valence-electron chi connectivity index (χ1n) is 6.86. The number of aryl methyl sites for hydroxylation is 1. The van der Waals surface area contributed by atoms with Gasteiger partial charge in [0, 0.05) is 11.8 Å². The minimum Gasteiger partial charge on any atom is -0.322 e. The molecule has 0 bridgehead atoms. The highest BCUT2D eigenvalue weighted by Crippen LogP contribution is 2.14. The molecule has 0 aliphatic carbocycles. The number of hydrogen-bond donors (Lipinski definition) is 1. The summed E-state index contributed by atoms with van der Waals surface area (Å²) in [6, 6.07) is 9.01. The zero-order valence-corrected chi connectivity index (χ0v) is 12.3. The molecule has 0 saturated heterocycles. The monoisotopic (exact) mass is 312 g/mol. The van der Waals surface area contributed by atoms with E-state index in [9.17, 15) is 9.18 Å². The lowest BCUT2D eigenvalue weighted by molar-refractivity contribution is -0.117. The zero-order valence-electron chi connectivity index (χ0n) is 12.3. The van der Waals surface area contributed by atoms with Gasteiger partial charge in [-0.25, -0.2) is 4.39 Å². The Morgan fingerprint density at radius 3 is 2.78 bits per heavy atom. The van der Waals surface area contributed by atoms with Crippen molar-refractivity contribution in [3.8, 4) is 11.4 Å². The average molecular weight is 312 g/mol. The van der Waals surface area contributed by atoms with Gasteiger partial charge in [0.05, 0.1) is 11.9 Å². The molecule has 7 nitrogen and oxygen atoms in total. The first kappa shape index (κ1) is 14.8. The van der Waals surface area contributed by atoms with Gasteiger partial charge in [-0.1, -0.05) is 29.8 Å². The Labute approximate surface area is 131 Å². The van der Waals surface area contributed by atoms with Gasteiger partial charge >= 0.3 is 0 Å². The maximum Gasteiger partial charge on any atom is 0.248 e.